The molecule has 3 aromatic carbocycles. The zero-order chi connectivity index (χ0) is 22.8. The van der Waals surface area contributed by atoms with Gasteiger partial charge in [0.05, 0.1) is 36.9 Å². The van der Waals surface area contributed by atoms with E-state index in [1.165, 1.54) is 0 Å². The molecule has 0 fully saturated rings. The summed E-state index contributed by atoms with van der Waals surface area (Å²) in [6, 6.07) is 16.2. The van der Waals surface area contributed by atoms with Crippen LogP contribution in [-0.4, -0.2) is 40.1 Å². The summed E-state index contributed by atoms with van der Waals surface area (Å²) in [4.78, 5) is 27.0. The molecular formula is C24H18Cl2N2O3S. The van der Waals surface area contributed by atoms with Crippen LogP contribution in [0.2, 0.25) is 10.0 Å². The molecule has 0 N–H and O–H groups in total. The number of benzene rings is 3. The maximum absolute atomic E-state index is 13.7. The lowest BCUT2D eigenvalue weighted by atomic mass is 9.94. The molecule has 32 heavy (non-hydrogen) atoms. The van der Waals surface area contributed by atoms with Gasteiger partial charge in [-0.15, -0.1) is 0 Å². The first-order chi connectivity index (χ1) is 15.4. The maximum Gasteiger partial charge on any atom is 0.255 e. The zero-order valence-corrected chi connectivity index (χ0v) is 19.2. The molecule has 1 aliphatic rings. The van der Waals surface area contributed by atoms with Gasteiger partial charge in [-0.2, -0.15) is 5.26 Å². The third-order valence-corrected chi connectivity index (χ3v) is 7.81. The van der Waals surface area contributed by atoms with E-state index in [2.05, 4.69) is 6.07 Å². The zero-order valence-electron chi connectivity index (χ0n) is 16.9. The molecule has 2 atom stereocenters. The molecule has 0 saturated carbocycles. The lowest BCUT2D eigenvalue weighted by Crippen LogP contribution is -2.36. The Bertz CT molecular complexity index is 1300. The van der Waals surface area contributed by atoms with Gasteiger partial charge in [-0.25, -0.2) is 0 Å². The van der Waals surface area contributed by atoms with E-state index in [0.29, 0.717) is 25.9 Å². The summed E-state index contributed by atoms with van der Waals surface area (Å²) in [6.45, 7) is 0.493. The molecule has 0 spiro atoms. The molecule has 0 aromatic heterocycles. The fourth-order valence-electron chi connectivity index (χ4n) is 4.05. The van der Waals surface area contributed by atoms with Gasteiger partial charge in [0, 0.05) is 31.2 Å². The number of amides is 1. The van der Waals surface area contributed by atoms with E-state index >= 15 is 0 Å². The Morgan fingerprint density at radius 2 is 1.94 bits per heavy atom. The number of hydrogen-bond acceptors (Lipinski definition) is 4. The minimum atomic E-state index is -1.50. The van der Waals surface area contributed by atoms with Gasteiger partial charge in [-0.1, -0.05) is 53.5 Å². The number of rotatable bonds is 5. The van der Waals surface area contributed by atoms with Crippen LogP contribution in [-0.2, 0) is 15.6 Å². The number of nitrogens with zero attached hydrogens (tertiary/aromatic N) is 2. The number of halogens is 2. The van der Waals surface area contributed by atoms with Gasteiger partial charge in [0.2, 0.25) is 0 Å². The molecule has 0 saturated heterocycles. The van der Waals surface area contributed by atoms with Gasteiger partial charge >= 0.3 is 0 Å². The molecular weight excluding hydrogens is 467 g/mol. The summed E-state index contributed by atoms with van der Waals surface area (Å²) in [5.41, 5.74) is 1.34. The summed E-state index contributed by atoms with van der Waals surface area (Å²) < 4.78 is 13.1. The van der Waals surface area contributed by atoms with Crippen molar-refractivity contribution in [3.63, 3.8) is 0 Å². The lowest BCUT2D eigenvalue weighted by Gasteiger charge is -2.26. The van der Waals surface area contributed by atoms with E-state index in [0.717, 1.165) is 17.2 Å². The third-order valence-electron chi connectivity index (χ3n) is 5.63. The van der Waals surface area contributed by atoms with E-state index in [9.17, 15) is 19.1 Å². The van der Waals surface area contributed by atoms with Gasteiger partial charge in [0.25, 0.3) is 5.91 Å². The molecule has 0 radical (unpaired) electrons. The van der Waals surface area contributed by atoms with Gasteiger partial charge < -0.3 is 9.69 Å². The number of hydrogen-bond donors (Lipinski definition) is 0. The molecule has 162 valence electrons. The highest BCUT2D eigenvalue weighted by Gasteiger charge is 2.32. The smallest absolute Gasteiger partial charge is 0.255 e. The van der Waals surface area contributed by atoms with Crippen LogP contribution in [0.1, 0.15) is 33.8 Å². The van der Waals surface area contributed by atoms with Crippen LogP contribution < -0.4 is 0 Å². The number of carbonyl (C=O) groups is 2. The SMILES string of the molecule is N#Cc1cc2ccccc2c2c1S(=O)CCN(C[C@@H](CC=O)c1ccc(Cl)c(Cl)c1)C2=O. The predicted molar refractivity (Wildman–Crippen MR) is 126 cm³/mol. The number of nitriles is 1. The second-order valence-corrected chi connectivity index (χ2v) is 9.86. The number of fused-ring (bicyclic) bond motifs is 3. The first-order valence-electron chi connectivity index (χ1n) is 9.96. The van der Waals surface area contributed by atoms with Gasteiger partial charge in [0.1, 0.15) is 12.4 Å². The normalized spacial score (nSPS) is 16.8. The van der Waals surface area contributed by atoms with E-state index in [1.54, 1.807) is 35.2 Å². The monoisotopic (exact) mass is 484 g/mol. The Morgan fingerprint density at radius 1 is 1.16 bits per heavy atom. The Balaban J connectivity index is 1.79. The van der Waals surface area contributed by atoms with Crippen molar-refractivity contribution in [1.29, 1.82) is 5.26 Å². The average Bonchev–Trinajstić information content (AvgIpc) is 2.92. The molecule has 5 nitrogen and oxygen atoms in total. The molecule has 1 aliphatic heterocycles. The number of carbonyl (C=O) groups excluding carboxylic acids is 2. The van der Waals surface area contributed by atoms with E-state index in [-0.39, 0.29) is 42.7 Å². The molecule has 8 heteroatoms. The fraction of sp³-hybridized carbons (Fsp3) is 0.208. The van der Waals surface area contributed by atoms with Crippen LogP contribution in [0, 0.1) is 11.3 Å². The van der Waals surface area contributed by atoms with Crippen molar-refractivity contribution in [3.8, 4) is 6.07 Å². The molecule has 1 amide bonds. The lowest BCUT2D eigenvalue weighted by molar-refractivity contribution is -0.108. The molecule has 4 rings (SSSR count). The summed E-state index contributed by atoms with van der Waals surface area (Å²) >= 11 is 12.2. The van der Waals surface area contributed by atoms with Gasteiger partial charge in [-0.3, -0.25) is 9.00 Å². The second kappa shape index (κ2) is 9.41. The predicted octanol–water partition coefficient (Wildman–Crippen LogP) is 4.95. The topological polar surface area (TPSA) is 78.2 Å². The van der Waals surface area contributed by atoms with E-state index in [1.807, 2.05) is 18.2 Å². The van der Waals surface area contributed by atoms with Gasteiger partial charge in [-0.05, 0) is 34.5 Å². The van der Waals surface area contributed by atoms with Gasteiger partial charge in [0.15, 0.2) is 0 Å². The summed E-state index contributed by atoms with van der Waals surface area (Å²) in [5, 5.41) is 11.8. The van der Waals surface area contributed by atoms with Crippen LogP contribution in [0.3, 0.4) is 0 Å². The Hall–Kier alpha value is -2.72. The average molecular weight is 485 g/mol. The summed E-state index contributed by atoms with van der Waals surface area (Å²) in [7, 11) is -1.50. The summed E-state index contributed by atoms with van der Waals surface area (Å²) in [5.74, 6) is -0.386. The standard InChI is InChI=1S/C24H18Cl2N2O3S/c25-20-6-5-15(12-21(20)26)17(7-9-29)14-28-8-10-32(31)23-18(13-27)11-16-3-1-2-4-19(16)22(23)24(28)30/h1-6,9,11-12,17H,7-8,10,14H2/t17-,32?/m1/s1. The van der Waals surface area contributed by atoms with Crippen LogP contribution in [0.25, 0.3) is 10.8 Å². The largest absolute Gasteiger partial charge is 0.337 e. The molecule has 1 unspecified atom stereocenters. The molecule has 0 bridgehead atoms. The second-order valence-electron chi connectivity index (χ2n) is 7.53. The van der Waals surface area contributed by atoms with Crippen molar-refractivity contribution in [2.45, 2.75) is 17.2 Å². The van der Waals surface area contributed by atoms with Crippen molar-refractivity contribution >= 4 is 57.0 Å². The van der Waals surface area contributed by atoms with Crippen molar-refractivity contribution in [2.24, 2.45) is 0 Å². The fourth-order valence-corrected chi connectivity index (χ4v) is 5.73. The highest BCUT2D eigenvalue weighted by molar-refractivity contribution is 7.85. The Kier molecular flexibility index (Phi) is 6.61. The van der Waals surface area contributed by atoms with Crippen LogP contribution in [0.4, 0.5) is 0 Å². The van der Waals surface area contributed by atoms with Crippen molar-refractivity contribution < 1.29 is 13.8 Å². The Labute approximate surface area is 198 Å². The van der Waals surface area contributed by atoms with Crippen LogP contribution in [0.15, 0.2) is 53.4 Å². The van der Waals surface area contributed by atoms with Crippen molar-refractivity contribution in [1.82, 2.24) is 4.90 Å². The van der Waals surface area contributed by atoms with Crippen molar-refractivity contribution in [3.05, 3.63) is 75.3 Å². The van der Waals surface area contributed by atoms with Crippen molar-refractivity contribution in [2.75, 3.05) is 18.8 Å². The Morgan fingerprint density at radius 3 is 2.66 bits per heavy atom. The maximum atomic E-state index is 13.7. The van der Waals surface area contributed by atoms with Crippen LogP contribution in [0.5, 0.6) is 0 Å². The highest BCUT2D eigenvalue weighted by atomic mass is 35.5. The van der Waals surface area contributed by atoms with E-state index < -0.39 is 10.8 Å². The minimum absolute atomic E-state index is 0.191. The number of aldehydes is 1. The summed E-state index contributed by atoms with van der Waals surface area (Å²) in [6.07, 6.45) is 1.00. The minimum Gasteiger partial charge on any atom is -0.337 e. The van der Waals surface area contributed by atoms with Crippen LogP contribution >= 0.6 is 23.2 Å². The first-order valence-corrected chi connectivity index (χ1v) is 12.0. The highest BCUT2D eigenvalue weighted by Crippen LogP contribution is 2.33. The quantitative estimate of drug-likeness (QED) is 0.479. The third kappa shape index (κ3) is 4.16. The molecule has 1 heterocycles. The molecule has 3 aromatic rings. The van der Waals surface area contributed by atoms with E-state index in [4.69, 9.17) is 23.2 Å². The first kappa shape index (κ1) is 22.5. The molecule has 0 aliphatic carbocycles.